The van der Waals surface area contributed by atoms with Crippen LogP contribution in [0.25, 0.3) is 10.9 Å². The molecule has 3 aromatic rings. The summed E-state index contributed by atoms with van der Waals surface area (Å²) in [7, 11) is 1.31. The Morgan fingerprint density at radius 3 is 2.88 bits per heavy atom. The van der Waals surface area contributed by atoms with Gasteiger partial charge in [0.25, 0.3) is 5.91 Å². The van der Waals surface area contributed by atoms with E-state index in [1.54, 1.807) is 13.0 Å². The predicted molar refractivity (Wildman–Crippen MR) is 101 cm³/mol. The number of benzene rings is 1. The molecule has 0 saturated carbocycles. The van der Waals surface area contributed by atoms with Crippen molar-refractivity contribution in [2.45, 2.75) is 32.6 Å². The van der Waals surface area contributed by atoms with Crippen LogP contribution >= 0.6 is 11.3 Å². The number of methoxy groups -OCH3 is 1. The Hall–Kier alpha value is -2.67. The van der Waals surface area contributed by atoms with E-state index in [0.717, 1.165) is 23.7 Å². The van der Waals surface area contributed by atoms with Crippen molar-refractivity contribution in [1.82, 2.24) is 9.97 Å². The fourth-order valence-corrected chi connectivity index (χ4v) is 4.25. The smallest absolute Gasteiger partial charge is 0.357 e. The van der Waals surface area contributed by atoms with E-state index in [1.807, 2.05) is 12.1 Å². The number of hydrogen-bond acceptors (Lipinski definition) is 5. The molecule has 0 bridgehead atoms. The number of H-pyrrole nitrogens is 1. The van der Waals surface area contributed by atoms with E-state index in [4.69, 9.17) is 4.74 Å². The topological polar surface area (TPSA) is 84.1 Å². The van der Waals surface area contributed by atoms with Crippen LogP contribution in [0.4, 0.5) is 5.13 Å². The maximum Gasteiger partial charge on any atom is 0.357 e. The zero-order chi connectivity index (χ0) is 18.3. The maximum absolute atomic E-state index is 12.6. The van der Waals surface area contributed by atoms with Gasteiger partial charge in [-0.2, -0.15) is 0 Å². The van der Waals surface area contributed by atoms with Gasteiger partial charge < -0.3 is 9.72 Å². The lowest BCUT2D eigenvalue weighted by Gasteiger charge is -2.10. The van der Waals surface area contributed by atoms with Gasteiger partial charge in [0.05, 0.1) is 7.11 Å². The molecule has 134 valence electrons. The average molecular weight is 369 g/mol. The first-order valence-electron chi connectivity index (χ1n) is 8.57. The fourth-order valence-electron chi connectivity index (χ4n) is 3.45. The first kappa shape index (κ1) is 16.8. The van der Waals surface area contributed by atoms with Crippen LogP contribution in [0.5, 0.6) is 0 Å². The summed E-state index contributed by atoms with van der Waals surface area (Å²) in [6, 6.07) is 5.70. The molecule has 4 rings (SSSR count). The van der Waals surface area contributed by atoms with Crippen LogP contribution in [-0.4, -0.2) is 29.0 Å². The SMILES string of the molecule is COC(=O)c1nc(NC(=O)c2ccc3[nH]c4c(c3c2)CCCC4)sc1C. The number of nitrogens with one attached hydrogen (secondary N) is 2. The number of rotatable bonds is 3. The molecular formula is C19H19N3O3S. The zero-order valence-electron chi connectivity index (χ0n) is 14.6. The number of esters is 1. The monoisotopic (exact) mass is 369 g/mol. The van der Waals surface area contributed by atoms with E-state index in [2.05, 4.69) is 15.3 Å². The fraction of sp³-hybridized carbons (Fsp3) is 0.316. The molecule has 2 N–H and O–H groups in total. The summed E-state index contributed by atoms with van der Waals surface area (Å²) in [6.07, 6.45) is 4.51. The molecule has 1 aliphatic rings. The minimum absolute atomic E-state index is 0.233. The molecule has 26 heavy (non-hydrogen) atoms. The Balaban J connectivity index is 1.61. The van der Waals surface area contributed by atoms with E-state index in [9.17, 15) is 9.59 Å². The summed E-state index contributed by atoms with van der Waals surface area (Å²) in [4.78, 5) is 32.7. The van der Waals surface area contributed by atoms with Crippen molar-refractivity contribution in [1.29, 1.82) is 0 Å². The van der Waals surface area contributed by atoms with Gasteiger partial charge in [0.15, 0.2) is 10.8 Å². The van der Waals surface area contributed by atoms with E-state index in [1.165, 1.54) is 42.5 Å². The van der Waals surface area contributed by atoms with Crippen molar-refractivity contribution >= 4 is 39.2 Å². The minimum Gasteiger partial charge on any atom is -0.464 e. The van der Waals surface area contributed by atoms with Gasteiger partial charge in [-0.15, -0.1) is 11.3 Å². The van der Waals surface area contributed by atoms with Gasteiger partial charge in [-0.05, 0) is 56.4 Å². The number of fused-ring (bicyclic) bond motifs is 3. The number of ether oxygens (including phenoxy) is 1. The zero-order valence-corrected chi connectivity index (χ0v) is 15.5. The van der Waals surface area contributed by atoms with Gasteiger partial charge >= 0.3 is 5.97 Å². The molecule has 2 heterocycles. The van der Waals surface area contributed by atoms with Gasteiger partial charge in [0.1, 0.15) is 0 Å². The Bertz CT molecular complexity index is 1020. The lowest BCUT2D eigenvalue weighted by atomic mass is 9.95. The molecule has 0 aliphatic heterocycles. The molecule has 0 unspecified atom stereocenters. The maximum atomic E-state index is 12.6. The summed E-state index contributed by atoms with van der Waals surface area (Å²) in [6.45, 7) is 1.78. The third-order valence-corrected chi connectivity index (χ3v) is 5.64. The van der Waals surface area contributed by atoms with Crippen molar-refractivity contribution in [3.63, 3.8) is 0 Å². The average Bonchev–Trinajstić information content (AvgIpc) is 3.20. The van der Waals surface area contributed by atoms with Gasteiger partial charge in [-0.25, -0.2) is 9.78 Å². The molecule has 0 spiro atoms. The summed E-state index contributed by atoms with van der Waals surface area (Å²) in [5, 5.41) is 4.30. The van der Waals surface area contributed by atoms with E-state index < -0.39 is 5.97 Å². The molecule has 1 aliphatic carbocycles. The highest BCUT2D eigenvalue weighted by molar-refractivity contribution is 7.16. The highest BCUT2D eigenvalue weighted by Crippen LogP contribution is 2.30. The second kappa shape index (κ2) is 6.57. The lowest BCUT2D eigenvalue weighted by molar-refractivity contribution is 0.0594. The lowest BCUT2D eigenvalue weighted by Crippen LogP contribution is -2.12. The Morgan fingerprint density at radius 1 is 1.27 bits per heavy atom. The molecule has 0 saturated heterocycles. The number of aromatic nitrogens is 2. The van der Waals surface area contributed by atoms with Crippen LogP contribution in [0.15, 0.2) is 18.2 Å². The third-order valence-electron chi connectivity index (χ3n) is 4.76. The second-order valence-electron chi connectivity index (χ2n) is 6.42. The van der Waals surface area contributed by atoms with Gasteiger partial charge in [0, 0.05) is 27.0 Å². The Kier molecular flexibility index (Phi) is 4.24. The number of thiazole rings is 1. The van der Waals surface area contributed by atoms with Gasteiger partial charge in [0.2, 0.25) is 0 Å². The van der Waals surface area contributed by atoms with Crippen molar-refractivity contribution in [2.24, 2.45) is 0 Å². The number of hydrogen-bond donors (Lipinski definition) is 2. The van der Waals surface area contributed by atoms with Crippen LogP contribution in [0.2, 0.25) is 0 Å². The number of carbonyl (C=O) groups excluding carboxylic acids is 2. The highest BCUT2D eigenvalue weighted by atomic mass is 32.1. The first-order valence-corrected chi connectivity index (χ1v) is 9.39. The van der Waals surface area contributed by atoms with Crippen molar-refractivity contribution < 1.29 is 14.3 Å². The van der Waals surface area contributed by atoms with Crippen LogP contribution in [0, 0.1) is 6.92 Å². The molecule has 0 atom stereocenters. The molecule has 1 aromatic carbocycles. The third kappa shape index (κ3) is 2.88. The number of aryl methyl sites for hydroxylation is 3. The number of aromatic amines is 1. The van der Waals surface area contributed by atoms with Crippen molar-refractivity contribution in [3.05, 3.63) is 45.6 Å². The molecule has 7 heteroatoms. The molecule has 0 radical (unpaired) electrons. The van der Waals surface area contributed by atoms with Gasteiger partial charge in [-0.1, -0.05) is 0 Å². The first-order chi connectivity index (χ1) is 12.6. The molecule has 0 fully saturated rings. The second-order valence-corrected chi connectivity index (χ2v) is 7.62. The van der Waals surface area contributed by atoms with Crippen LogP contribution in [0.3, 0.4) is 0 Å². The van der Waals surface area contributed by atoms with E-state index in [-0.39, 0.29) is 11.6 Å². The van der Waals surface area contributed by atoms with Crippen LogP contribution in [0.1, 0.15) is 49.8 Å². The number of anilines is 1. The highest BCUT2D eigenvalue weighted by Gasteiger charge is 2.19. The van der Waals surface area contributed by atoms with Gasteiger partial charge in [-0.3, -0.25) is 10.1 Å². The normalized spacial score (nSPS) is 13.5. The predicted octanol–water partition coefficient (Wildman–Crippen LogP) is 3.85. The molecule has 6 nitrogen and oxygen atoms in total. The van der Waals surface area contributed by atoms with E-state index >= 15 is 0 Å². The largest absolute Gasteiger partial charge is 0.464 e. The Labute approximate surface area is 154 Å². The molecular weight excluding hydrogens is 350 g/mol. The quantitative estimate of drug-likeness (QED) is 0.687. The molecule has 1 amide bonds. The molecule has 2 aromatic heterocycles. The number of amides is 1. The minimum atomic E-state index is -0.500. The standard InChI is InChI=1S/C19H19N3O3S/c1-10-16(18(24)25-2)21-19(26-10)22-17(23)11-7-8-15-13(9-11)12-5-3-4-6-14(12)20-15/h7-9,20H,3-6H2,1-2H3,(H,21,22,23). The van der Waals surface area contributed by atoms with E-state index in [0.29, 0.717) is 15.6 Å². The summed E-state index contributed by atoms with van der Waals surface area (Å²) < 4.78 is 4.70. The summed E-state index contributed by atoms with van der Waals surface area (Å²) in [5.74, 6) is -0.734. The Morgan fingerprint density at radius 2 is 2.08 bits per heavy atom. The van der Waals surface area contributed by atoms with Crippen LogP contribution in [-0.2, 0) is 17.6 Å². The summed E-state index contributed by atoms with van der Waals surface area (Å²) >= 11 is 1.26. The van der Waals surface area contributed by atoms with Crippen LogP contribution < -0.4 is 5.32 Å². The number of carbonyl (C=O) groups is 2. The van der Waals surface area contributed by atoms with Crippen molar-refractivity contribution in [3.8, 4) is 0 Å². The van der Waals surface area contributed by atoms with Crippen molar-refractivity contribution in [2.75, 3.05) is 12.4 Å². The number of nitrogens with zero attached hydrogens (tertiary/aromatic N) is 1. The summed E-state index contributed by atoms with van der Waals surface area (Å²) in [5.41, 5.74) is 4.52.